The van der Waals surface area contributed by atoms with Gasteiger partial charge in [-0.15, -0.1) is 0 Å². The van der Waals surface area contributed by atoms with Crippen molar-refractivity contribution in [2.24, 2.45) is 0 Å². The number of hydrogen-bond acceptors (Lipinski definition) is 5. The van der Waals surface area contributed by atoms with E-state index in [0.29, 0.717) is 12.4 Å². The van der Waals surface area contributed by atoms with Crippen LogP contribution in [0.15, 0.2) is 42.9 Å². The van der Waals surface area contributed by atoms with Gasteiger partial charge in [-0.3, -0.25) is 0 Å². The average molecular weight is 297 g/mol. The first-order chi connectivity index (χ1) is 10.6. The number of rotatable bonds is 5. The zero-order valence-corrected chi connectivity index (χ0v) is 12.7. The van der Waals surface area contributed by atoms with Gasteiger partial charge in [0, 0.05) is 0 Å². The number of aliphatic hydroxyl groups is 1. The molecule has 0 radical (unpaired) electrons. The minimum absolute atomic E-state index is 0.0106. The summed E-state index contributed by atoms with van der Waals surface area (Å²) in [7, 11) is 0. The lowest BCUT2D eigenvalue weighted by molar-refractivity contribution is 0.234. The molecule has 1 aromatic carbocycles. The first kappa shape index (κ1) is 14.5. The molecular weight excluding hydrogens is 278 g/mol. The molecule has 0 atom stereocenters. The molecule has 22 heavy (non-hydrogen) atoms. The molecule has 6 nitrogen and oxygen atoms in total. The average Bonchev–Trinajstić information content (AvgIpc) is 2.92. The van der Waals surface area contributed by atoms with Crippen LogP contribution in [0, 0.1) is 0 Å². The monoisotopic (exact) mass is 297 g/mol. The van der Waals surface area contributed by atoms with Crippen LogP contribution in [0.4, 0.5) is 5.82 Å². The summed E-state index contributed by atoms with van der Waals surface area (Å²) in [6, 6.07) is 10.1. The third kappa shape index (κ3) is 2.92. The number of aromatic nitrogens is 4. The smallest absolute Gasteiger partial charge is 0.163 e. The van der Waals surface area contributed by atoms with Gasteiger partial charge < -0.3 is 10.4 Å². The summed E-state index contributed by atoms with van der Waals surface area (Å²) >= 11 is 0. The highest BCUT2D eigenvalue weighted by atomic mass is 16.3. The Kier molecular flexibility index (Phi) is 3.77. The van der Waals surface area contributed by atoms with Gasteiger partial charge in [0.2, 0.25) is 0 Å². The molecule has 114 valence electrons. The molecule has 0 aliphatic carbocycles. The number of nitrogens with one attached hydrogen (secondary N) is 1. The summed E-state index contributed by atoms with van der Waals surface area (Å²) in [6.45, 7) is 4.49. The van der Waals surface area contributed by atoms with Crippen molar-refractivity contribution in [2.45, 2.75) is 25.9 Å². The third-order valence-electron chi connectivity index (χ3n) is 3.46. The van der Waals surface area contributed by atoms with Crippen LogP contribution in [0.3, 0.4) is 0 Å². The fourth-order valence-electron chi connectivity index (χ4n) is 2.22. The molecule has 0 bridgehead atoms. The van der Waals surface area contributed by atoms with E-state index in [-0.39, 0.29) is 6.61 Å². The molecule has 0 saturated carbocycles. The molecule has 2 heterocycles. The summed E-state index contributed by atoms with van der Waals surface area (Å²) in [4.78, 5) is 8.61. The summed E-state index contributed by atoms with van der Waals surface area (Å²) in [5, 5.41) is 17.9. The van der Waals surface area contributed by atoms with Crippen LogP contribution in [0.2, 0.25) is 0 Å². The number of nitrogens with zero attached hydrogens (tertiary/aromatic N) is 4. The van der Waals surface area contributed by atoms with Crippen LogP contribution >= 0.6 is 0 Å². The van der Waals surface area contributed by atoms with Gasteiger partial charge in [0.15, 0.2) is 5.65 Å². The lowest BCUT2D eigenvalue weighted by Crippen LogP contribution is -2.35. The third-order valence-corrected chi connectivity index (χ3v) is 3.46. The lowest BCUT2D eigenvalue weighted by atomic mass is 10.1. The van der Waals surface area contributed by atoms with Crippen molar-refractivity contribution >= 4 is 16.9 Å². The van der Waals surface area contributed by atoms with Crippen molar-refractivity contribution in [3.63, 3.8) is 0 Å². The molecule has 0 saturated heterocycles. The van der Waals surface area contributed by atoms with Crippen LogP contribution in [-0.2, 0) is 6.54 Å². The summed E-state index contributed by atoms with van der Waals surface area (Å²) in [6.07, 6.45) is 3.27. The highest BCUT2D eigenvalue weighted by Gasteiger charge is 2.19. The fraction of sp³-hybridized carbons (Fsp3) is 0.312. The van der Waals surface area contributed by atoms with E-state index in [9.17, 15) is 5.11 Å². The summed E-state index contributed by atoms with van der Waals surface area (Å²) in [5.74, 6) is 0.684. The van der Waals surface area contributed by atoms with E-state index in [4.69, 9.17) is 0 Å². The molecule has 0 amide bonds. The van der Waals surface area contributed by atoms with E-state index in [1.807, 2.05) is 36.7 Å². The second kappa shape index (κ2) is 5.73. The second-order valence-electron chi connectivity index (χ2n) is 5.91. The largest absolute Gasteiger partial charge is 0.394 e. The molecule has 3 rings (SSSR count). The van der Waals surface area contributed by atoms with Crippen LogP contribution in [-0.4, -0.2) is 37.0 Å². The van der Waals surface area contributed by atoms with Crippen molar-refractivity contribution < 1.29 is 5.11 Å². The molecule has 3 aromatic rings. The van der Waals surface area contributed by atoms with Gasteiger partial charge in [-0.05, 0) is 19.4 Å². The van der Waals surface area contributed by atoms with E-state index < -0.39 is 5.54 Å². The van der Waals surface area contributed by atoms with E-state index in [0.717, 1.165) is 16.6 Å². The first-order valence-electron chi connectivity index (χ1n) is 7.18. The predicted molar refractivity (Wildman–Crippen MR) is 85.7 cm³/mol. The number of anilines is 1. The Morgan fingerprint density at radius 2 is 1.95 bits per heavy atom. The zero-order chi connectivity index (χ0) is 15.6. The molecule has 0 aliphatic rings. The van der Waals surface area contributed by atoms with Crippen molar-refractivity contribution in [2.75, 3.05) is 11.9 Å². The molecule has 0 fully saturated rings. The standard InChI is InChI=1S/C16H19N5O/c1-16(2,10-22)20-14-13-8-19-21(15(13)18-11-17-14)9-12-6-4-3-5-7-12/h3-8,11,22H,9-10H2,1-2H3,(H,17,18,20). The van der Waals surface area contributed by atoms with Crippen LogP contribution in [0.25, 0.3) is 11.0 Å². The summed E-state index contributed by atoms with van der Waals surface area (Å²) < 4.78 is 1.85. The maximum absolute atomic E-state index is 9.40. The Morgan fingerprint density at radius 1 is 1.18 bits per heavy atom. The van der Waals surface area contributed by atoms with Crippen molar-refractivity contribution in [1.29, 1.82) is 0 Å². The van der Waals surface area contributed by atoms with Gasteiger partial charge in [0.25, 0.3) is 0 Å². The minimum atomic E-state index is -0.456. The normalized spacial score (nSPS) is 11.8. The molecule has 0 spiro atoms. The predicted octanol–water partition coefficient (Wildman–Crippen LogP) is 2.06. The Bertz CT molecular complexity index is 767. The molecule has 0 aliphatic heterocycles. The zero-order valence-electron chi connectivity index (χ0n) is 12.7. The van der Waals surface area contributed by atoms with Crippen molar-refractivity contribution in [3.8, 4) is 0 Å². The SMILES string of the molecule is CC(C)(CO)Nc1ncnc2c1cnn2Cc1ccccc1. The Balaban J connectivity index is 1.95. The van der Waals surface area contributed by atoms with Gasteiger partial charge in [-0.2, -0.15) is 5.10 Å². The lowest BCUT2D eigenvalue weighted by Gasteiger charge is -2.24. The van der Waals surface area contributed by atoms with Gasteiger partial charge in [-0.1, -0.05) is 30.3 Å². The van der Waals surface area contributed by atoms with Crippen LogP contribution in [0.1, 0.15) is 19.4 Å². The molecule has 2 N–H and O–H groups in total. The Hall–Kier alpha value is -2.47. The Morgan fingerprint density at radius 3 is 2.68 bits per heavy atom. The van der Waals surface area contributed by atoms with E-state index >= 15 is 0 Å². The van der Waals surface area contributed by atoms with E-state index in [1.54, 1.807) is 6.20 Å². The first-order valence-corrected chi connectivity index (χ1v) is 7.18. The van der Waals surface area contributed by atoms with Gasteiger partial charge >= 0.3 is 0 Å². The van der Waals surface area contributed by atoms with Crippen molar-refractivity contribution in [3.05, 3.63) is 48.4 Å². The molecule has 6 heteroatoms. The van der Waals surface area contributed by atoms with Gasteiger partial charge in [-0.25, -0.2) is 14.6 Å². The highest BCUT2D eigenvalue weighted by Crippen LogP contribution is 2.22. The van der Waals surface area contributed by atoms with Crippen LogP contribution < -0.4 is 5.32 Å². The molecule has 2 aromatic heterocycles. The maximum Gasteiger partial charge on any atom is 0.163 e. The summed E-state index contributed by atoms with van der Waals surface area (Å²) in [5.41, 5.74) is 1.48. The highest BCUT2D eigenvalue weighted by molar-refractivity contribution is 5.86. The topological polar surface area (TPSA) is 75.9 Å². The van der Waals surface area contributed by atoms with Crippen molar-refractivity contribution in [1.82, 2.24) is 19.7 Å². The minimum Gasteiger partial charge on any atom is -0.394 e. The number of hydrogen-bond donors (Lipinski definition) is 2. The fourth-order valence-corrected chi connectivity index (χ4v) is 2.22. The van der Waals surface area contributed by atoms with Gasteiger partial charge in [0.05, 0.1) is 30.3 Å². The quantitative estimate of drug-likeness (QED) is 0.754. The molecule has 0 unspecified atom stereocenters. The maximum atomic E-state index is 9.40. The van der Waals surface area contributed by atoms with E-state index in [1.165, 1.54) is 6.33 Å². The molecular formula is C16H19N5O. The number of benzene rings is 1. The van der Waals surface area contributed by atoms with Crippen LogP contribution in [0.5, 0.6) is 0 Å². The van der Waals surface area contributed by atoms with Gasteiger partial charge in [0.1, 0.15) is 12.1 Å². The number of aliphatic hydroxyl groups excluding tert-OH is 1. The Labute approximate surface area is 128 Å². The second-order valence-corrected chi connectivity index (χ2v) is 5.91. The number of fused-ring (bicyclic) bond motifs is 1. The van der Waals surface area contributed by atoms with E-state index in [2.05, 4.69) is 32.5 Å².